The van der Waals surface area contributed by atoms with Crippen LogP contribution in [0.25, 0.3) is 0 Å². The zero-order valence-electron chi connectivity index (χ0n) is 10.9. The number of nitrogens with one attached hydrogen (secondary N) is 1. The summed E-state index contributed by atoms with van der Waals surface area (Å²) in [5.74, 6) is -0.665. The lowest BCUT2D eigenvalue weighted by molar-refractivity contribution is -0.137. The monoisotopic (exact) mass is 270 g/mol. The minimum Gasteiger partial charge on any atom is -0.317 e. The highest BCUT2D eigenvalue weighted by molar-refractivity contribution is 6.06. The third-order valence-corrected chi connectivity index (χ3v) is 4.58. The molecule has 2 fully saturated rings. The highest BCUT2D eigenvalue weighted by Gasteiger charge is 2.60. The number of carbonyl (C=O) groups is 3. The molecule has 4 rings (SSSR count). The van der Waals surface area contributed by atoms with Crippen LogP contribution in [-0.4, -0.2) is 28.7 Å². The molecule has 1 N–H and O–H groups in total. The third kappa shape index (κ3) is 1.35. The van der Waals surface area contributed by atoms with Gasteiger partial charge in [-0.1, -0.05) is 18.2 Å². The van der Waals surface area contributed by atoms with E-state index in [2.05, 4.69) is 5.32 Å². The predicted molar refractivity (Wildman–Crippen MR) is 69.7 cm³/mol. The van der Waals surface area contributed by atoms with Gasteiger partial charge in [-0.25, -0.2) is 0 Å². The maximum atomic E-state index is 12.6. The molecule has 1 saturated heterocycles. The van der Waals surface area contributed by atoms with E-state index in [1.807, 2.05) is 24.3 Å². The Morgan fingerprint density at radius 1 is 1.15 bits per heavy atom. The van der Waals surface area contributed by atoms with E-state index in [1.165, 1.54) is 0 Å². The number of nitrogens with zero attached hydrogens (tertiary/aromatic N) is 1. The maximum absolute atomic E-state index is 12.6. The molecule has 1 spiro atoms. The summed E-state index contributed by atoms with van der Waals surface area (Å²) in [6.07, 6.45) is 2.51. The standard InChI is InChI=1S/C15H14N2O3/c18-12-6-5-11(13(19)16-12)17-14(20)9-3-1-2-4-10(9)15(17)7-8-15/h1-4,11H,5-8H2,(H,16,18,19). The Morgan fingerprint density at radius 3 is 2.60 bits per heavy atom. The van der Waals surface area contributed by atoms with Gasteiger partial charge in [0.05, 0.1) is 5.54 Å². The van der Waals surface area contributed by atoms with E-state index in [4.69, 9.17) is 0 Å². The number of hydrogen-bond donors (Lipinski definition) is 1. The second-order valence-corrected chi connectivity index (χ2v) is 5.72. The summed E-state index contributed by atoms with van der Waals surface area (Å²) in [6, 6.07) is 7.06. The Hall–Kier alpha value is -2.17. The van der Waals surface area contributed by atoms with Gasteiger partial charge in [-0.05, 0) is 30.9 Å². The molecule has 0 aromatic heterocycles. The number of rotatable bonds is 1. The minimum absolute atomic E-state index is 0.0763. The SMILES string of the molecule is O=C1CCC(N2C(=O)c3ccccc3C23CC3)C(=O)N1. The molecule has 2 aliphatic heterocycles. The largest absolute Gasteiger partial charge is 0.317 e. The molecule has 5 heteroatoms. The fourth-order valence-electron chi connectivity index (χ4n) is 3.53. The lowest BCUT2D eigenvalue weighted by atomic mass is 10.00. The summed E-state index contributed by atoms with van der Waals surface area (Å²) in [5.41, 5.74) is 1.44. The van der Waals surface area contributed by atoms with Crippen molar-refractivity contribution in [2.45, 2.75) is 37.3 Å². The first-order valence-corrected chi connectivity index (χ1v) is 6.90. The number of amides is 3. The first kappa shape index (κ1) is 11.6. The molecule has 3 aliphatic rings. The van der Waals surface area contributed by atoms with Crippen molar-refractivity contribution < 1.29 is 14.4 Å². The minimum atomic E-state index is -0.518. The molecule has 2 heterocycles. The van der Waals surface area contributed by atoms with Crippen LogP contribution in [0.3, 0.4) is 0 Å². The highest BCUT2D eigenvalue weighted by Crippen LogP contribution is 2.57. The molecule has 1 atom stereocenters. The molecule has 1 saturated carbocycles. The van der Waals surface area contributed by atoms with Crippen LogP contribution in [-0.2, 0) is 15.1 Å². The smallest absolute Gasteiger partial charge is 0.255 e. The molecule has 1 aromatic rings. The van der Waals surface area contributed by atoms with Crippen molar-refractivity contribution in [3.05, 3.63) is 35.4 Å². The first-order valence-electron chi connectivity index (χ1n) is 6.90. The molecule has 0 bridgehead atoms. The Kier molecular flexibility index (Phi) is 2.14. The lowest BCUT2D eigenvalue weighted by Gasteiger charge is -2.34. The van der Waals surface area contributed by atoms with Crippen LogP contribution in [0.4, 0.5) is 0 Å². The summed E-state index contributed by atoms with van der Waals surface area (Å²) >= 11 is 0. The normalized spacial score (nSPS) is 26.7. The van der Waals surface area contributed by atoms with E-state index < -0.39 is 6.04 Å². The number of benzene rings is 1. The lowest BCUT2D eigenvalue weighted by Crippen LogP contribution is -2.55. The van der Waals surface area contributed by atoms with Gasteiger partial charge in [0.1, 0.15) is 6.04 Å². The zero-order valence-corrected chi connectivity index (χ0v) is 10.9. The van der Waals surface area contributed by atoms with Crippen LogP contribution < -0.4 is 5.32 Å². The summed E-state index contributed by atoms with van der Waals surface area (Å²) in [5, 5.41) is 2.35. The maximum Gasteiger partial charge on any atom is 0.255 e. The van der Waals surface area contributed by atoms with Crippen molar-refractivity contribution in [1.82, 2.24) is 10.2 Å². The number of fused-ring (bicyclic) bond motifs is 2. The topological polar surface area (TPSA) is 66.5 Å². The van der Waals surface area contributed by atoms with Gasteiger partial charge in [0.2, 0.25) is 11.8 Å². The Bertz CT molecular complexity index is 648. The molecule has 5 nitrogen and oxygen atoms in total. The predicted octanol–water partition coefficient (Wildman–Crippen LogP) is 0.937. The number of piperidine rings is 1. The van der Waals surface area contributed by atoms with Crippen LogP contribution >= 0.6 is 0 Å². The van der Waals surface area contributed by atoms with E-state index in [0.717, 1.165) is 18.4 Å². The fourth-order valence-corrected chi connectivity index (χ4v) is 3.53. The van der Waals surface area contributed by atoms with Crippen LogP contribution in [0.2, 0.25) is 0 Å². The Morgan fingerprint density at radius 2 is 1.90 bits per heavy atom. The second-order valence-electron chi connectivity index (χ2n) is 5.72. The number of imide groups is 1. The number of hydrogen-bond acceptors (Lipinski definition) is 3. The van der Waals surface area contributed by atoms with Crippen molar-refractivity contribution >= 4 is 17.7 Å². The first-order chi connectivity index (χ1) is 9.63. The van der Waals surface area contributed by atoms with Crippen molar-refractivity contribution in [3.63, 3.8) is 0 Å². The summed E-state index contributed by atoms with van der Waals surface area (Å²) in [6.45, 7) is 0. The van der Waals surface area contributed by atoms with Crippen molar-refractivity contribution in [2.75, 3.05) is 0 Å². The Labute approximate surface area is 115 Å². The van der Waals surface area contributed by atoms with Gasteiger partial charge in [0, 0.05) is 12.0 Å². The van der Waals surface area contributed by atoms with Crippen molar-refractivity contribution in [2.24, 2.45) is 0 Å². The molecule has 102 valence electrons. The quantitative estimate of drug-likeness (QED) is 0.772. The van der Waals surface area contributed by atoms with Gasteiger partial charge >= 0.3 is 0 Å². The second kappa shape index (κ2) is 3.69. The third-order valence-electron chi connectivity index (χ3n) is 4.58. The van der Waals surface area contributed by atoms with Gasteiger partial charge in [-0.15, -0.1) is 0 Å². The molecule has 1 aromatic carbocycles. The molecule has 0 radical (unpaired) electrons. The van der Waals surface area contributed by atoms with Crippen LogP contribution in [0.1, 0.15) is 41.6 Å². The van der Waals surface area contributed by atoms with Crippen molar-refractivity contribution in [3.8, 4) is 0 Å². The average Bonchev–Trinajstić information content (AvgIpc) is 3.18. The number of carbonyl (C=O) groups excluding carboxylic acids is 3. The Balaban J connectivity index is 1.76. The van der Waals surface area contributed by atoms with E-state index in [9.17, 15) is 14.4 Å². The average molecular weight is 270 g/mol. The van der Waals surface area contributed by atoms with E-state index in [0.29, 0.717) is 18.4 Å². The summed E-state index contributed by atoms with van der Waals surface area (Å²) in [7, 11) is 0. The van der Waals surface area contributed by atoms with E-state index >= 15 is 0 Å². The van der Waals surface area contributed by atoms with E-state index in [1.54, 1.807) is 4.90 Å². The van der Waals surface area contributed by atoms with E-state index in [-0.39, 0.29) is 23.3 Å². The van der Waals surface area contributed by atoms with Crippen LogP contribution in [0.5, 0.6) is 0 Å². The fraction of sp³-hybridized carbons (Fsp3) is 0.400. The van der Waals surface area contributed by atoms with Crippen LogP contribution in [0.15, 0.2) is 24.3 Å². The molecule has 20 heavy (non-hydrogen) atoms. The van der Waals surface area contributed by atoms with Crippen LogP contribution in [0, 0.1) is 0 Å². The van der Waals surface area contributed by atoms with Gasteiger partial charge in [-0.3, -0.25) is 19.7 Å². The summed E-state index contributed by atoms with van der Waals surface area (Å²) in [4.78, 5) is 37.7. The van der Waals surface area contributed by atoms with Gasteiger partial charge in [0.25, 0.3) is 5.91 Å². The highest BCUT2D eigenvalue weighted by atomic mass is 16.2. The molecule has 1 unspecified atom stereocenters. The molecular weight excluding hydrogens is 256 g/mol. The van der Waals surface area contributed by atoms with Gasteiger partial charge in [0.15, 0.2) is 0 Å². The van der Waals surface area contributed by atoms with Crippen molar-refractivity contribution in [1.29, 1.82) is 0 Å². The zero-order chi connectivity index (χ0) is 13.9. The molecular formula is C15H14N2O3. The summed E-state index contributed by atoms with van der Waals surface area (Å²) < 4.78 is 0. The molecule has 1 aliphatic carbocycles. The van der Waals surface area contributed by atoms with Gasteiger partial charge in [-0.2, -0.15) is 0 Å². The van der Waals surface area contributed by atoms with Gasteiger partial charge < -0.3 is 4.90 Å². The molecule has 3 amide bonds.